The summed E-state index contributed by atoms with van der Waals surface area (Å²) < 4.78 is 51.2. The molecule has 0 fully saturated rings. The second-order valence-electron chi connectivity index (χ2n) is 5.85. The number of anilines is 1. The molecular weight excluding hydrogens is 348 g/mol. The molecule has 1 aromatic heterocycles. The Hall–Kier alpha value is -1.93. The zero-order chi connectivity index (χ0) is 17.5. The standard InChI is InChI=1S/C16H18N2O4S2/c1-12-7-8-13(23(2,19)20)11-16(12)24(21,22)18-10-4-5-14-15(18)6-3-9-17-14/h3,6-9,11H,4-5,10H2,1-2H3. The summed E-state index contributed by atoms with van der Waals surface area (Å²) in [4.78, 5) is 4.27. The molecule has 0 N–H and O–H groups in total. The highest BCUT2D eigenvalue weighted by Crippen LogP contribution is 2.32. The molecule has 1 aliphatic heterocycles. The zero-order valence-electron chi connectivity index (χ0n) is 13.4. The van der Waals surface area contributed by atoms with Crippen molar-refractivity contribution in [3.63, 3.8) is 0 Å². The summed E-state index contributed by atoms with van der Waals surface area (Å²) in [5, 5.41) is 0. The highest BCUT2D eigenvalue weighted by atomic mass is 32.2. The van der Waals surface area contributed by atoms with E-state index in [4.69, 9.17) is 0 Å². The van der Waals surface area contributed by atoms with Crippen molar-refractivity contribution in [1.82, 2.24) is 4.98 Å². The van der Waals surface area contributed by atoms with E-state index in [0.717, 1.165) is 18.4 Å². The third-order valence-electron chi connectivity index (χ3n) is 4.07. The van der Waals surface area contributed by atoms with Crippen LogP contribution in [-0.2, 0) is 26.3 Å². The van der Waals surface area contributed by atoms with Crippen LogP contribution < -0.4 is 4.31 Å². The van der Waals surface area contributed by atoms with Gasteiger partial charge >= 0.3 is 0 Å². The predicted octanol–water partition coefficient (Wildman–Crippen LogP) is 1.94. The van der Waals surface area contributed by atoms with Crippen molar-refractivity contribution in [1.29, 1.82) is 0 Å². The lowest BCUT2D eigenvalue weighted by atomic mass is 10.1. The Balaban J connectivity index is 2.17. The van der Waals surface area contributed by atoms with Gasteiger partial charge in [-0.05, 0) is 49.6 Å². The van der Waals surface area contributed by atoms with Crippen LogP contribution in [-0.4, -0.2) is 34.6 Å². The van der Waals surface area contributed by atoms with Crippen LogP contribution in [0.4, 0.5) is 5.69 Å². The summed E-state index contributed by atoms with van der Waals surface area (Å²) in [5.74, 6) is 0. The van der Waals surface area contributed by atoms with E-state index < -0.39 is 19.9 Å². The Morgan fingerprint density at radius 3 is 2.58 bits per heavy atom. The van der Waals surface area contributed by atoms with Crippen LogP contribution in [0.25, 0.3) is 0 Å². The van der Waals surface area contributed by atoms with Crippen molar-refractivity contribution in [2.45, 2.75) is 29.6 Å². The molecule has 1 aliphatic rings. The van der Waals surface area contributed by atoms with Crippen LogP contribution >= 0.6 is 0 Å². The van der Waals surface area contributed by atoms with Gasteiger partial charge < -0.3 is 0 Å². The maximum Gasteiger partial charge on any atom is 0.264 e. The molecule has 3 rings (SSSR count). The number of hydrogen-bond donors (Lipinski definition) is 0. The van der Waals surface area contributed by atoms with E-state index in [2.05, 4.69) is 4.98 Å². The average Bonchev–Trinajstić information content (AvgIpc) is 2.53. The molecule has 0 saturated heterocycles. The minimum absolute atomic E-state index is 0.00454. The minimum atomic E-state index is -3.86. The number of nitrogens with zero attached hydrogens (tertiary/aromatic N) is 2. The summed E-state index contributed by atoms with van der Waals surface area (Å²) in [5.41, 5.74) is 1.82. The summed E-state index contributed by atoms with van der Waals surface area (Å²) >= 11 is 0. The number of benzene rings is 1. The average molecular weight is 366 g/mol. The SMILES string of the molecule is Cc1ccc(S(C)(=O)=O)cc1S(=O)(=O)N1CCCc2ncccc21. The van der Waals surface area contributed by atoms with E-state index in [9.17, 15) is 16.8 Å². The van der Waals surface area contributed by atoms with E-state index in [1.807, 2.05) is 0 Å². The first-order chi connectivity index (χ1) is 11.2. The van der Waals surface area contributed by atoms with Gasteiger partial charge in [-0.3, -0.25) is 9.29 Å². The number of rotatable bonds is 3. The van der Waals surface area contributed by atoms with Crippen molar-refractivity contribution in [2.75, 3.05) is 17.1 Å². The van der Waals surface area contributed by atoms with Crippen molar-refractivity contribution in [3.05, 3.63) is 47.8 Å². The van der Waals surface area contributed by atoms with Crippen molar-refractivity contribution < 1.29 is 16.8 Å². The number of aromatic nitrogens is 1. The van der Waals surface area contributed by atoms with Gasteiger partial charge in [0.25, 0.3) is 10.0 Å². The van der Waals surface area contributed by atoms with E-state index in [-0.39, 0.29) is 9.79 Å². The third-order valence-corrected chi connectivity index (χ3v) is 7.13. The predicted molar refractivity (Wildman–Crippen MR) is 91.4 cm³/mol. The number of aryl methyl sites for hydroxylation is 2. The molecule has 0 spiro atoms. The van der Waals surface area contributed by atoms with Gasteiger partial charge in [-0.2, -0.15) is 0 Å². The van der Waals surface area contributed by atoms with Gasteiger partial charge in [-0.15, -0.1) is 0 Å². The van der Waals surface area contributed by atoms with Crippen molar-refractivity contribution in [2.24, 2.45) is 0 Å². The van der Waals surface area contributed by atoms with Crippen LogP contribution in [0.5, 0.6) is 0 Å². The molecule has 24 heavy (non-hydrogen) atoms. The Morgan fingerprint density at radius 2 is 1.88 bits per heavy atom. The summed E-state index contributed by atoms with van der Waals surface area (Å²) in [6.45, 7) is 2.01. The molecule has 8 heteroatoms. The van der Waals surface area contributed by atoms with Crippen LogP contribution in [0.2, 0.25) is 0 Å². The fraction of sp³-hybridized carbons (Fsp3) is 0.312. The topological polar surface area (TPSA) is 84.4 Å². The van der Waals surface area contributed by atoms with Crippen LogP contribution in [0.15, 0.2) is 46.3 Å². The molecule has 0 unspecified atom stereocenters. The maximum absolute atomic E-state index is 13.2. The fourth-order valence-corrected chi connectivity index (χ4v) is 5.32. The van der Waals surface area contributed by atoms with Gasteiger partial charge in [-0.1, -0.05) is 6.07 Å². The zero-order valence-corrected chi connectivity index (χ0v) is 15.1. The molecule has 2 aromatic rings. The van der Waals surface area contributed by atoms with E-state index in [0.29, 0.717) is 24.2 Å². The van der Waals surface area contributed by atoms with Gasteiger partial charge in [0.2, 0.25) is 0 Å². The van der Waals surface area contributed by atoms with Gasteiger partial charge in [0.1, 0.15) is 0 Å². The first-order valence-electron chi connectivity index (χ1n) is 7.48. The largest absolute Gasteiger partial charge is 0.264 e. The van der Waals surface area contributed by atoms with Crippen molar-refractivity contribution >= 4 is 25.5 Å². The Bertz CT molecular complexity index is 998. The first kappa shape index (κ1) is 16.9. The molecule has 0 radical (unpaired) electrons. The second-order valence-corrected chi connectivity index (χ2v) is 9.70. The molecule has 0 aliphatic carbocycles. The van der Waals surface area contributed by atoms with Gasteiger partial charge in [-0.25, -0.2) is 16.8 Å². The fourth-order valence-electron chi connectivity index (χ4n) is 2.82. The molecule has 0 saturated carbocycles. The molecule has 6 nitrogen and oxygen atoms in total. The molecule has 0 bridgehead atoms. The third kappa shape index (κ3) is 2.91. The lowest BCUT2D eigenvalue weighted by Crippen LogP contribution is -2.36. The van der Waals surface area contributed by atoms with E-state index in [1.54, 1.807) is 25.3 Å². The Kier molecular flexibility index (Phi) is 4.13. The molecule has 1 aromatic carbocycles. The molecule has 0 amide bonds. The second kappa shape index (κ2) is 5.86. The quantitative estimate of drug-likeness (QED) is 0.829. The number of fused-ring (bicyclic) bond motifs is 1. The Morgan fingerprint density at radius 1 is 1.12 bits per heavy atom. The van der Waals surface area contributed by atoms with Crippen LogP contribution in [0.1, 0.15) is 17.7 Å². The highest BCUT2D eigenvalue weighted by molar-refractivity contribution is 7.93. The Labute approximate surface area is 142 Å². The van der Waals surface area contributed by atoms with Crippen molar-refractivity contribution in [3.8, 4) is 0 Å². The smallest absolute Gasteiger partial charge is 0.264 e. The molecule has 128 valence electrons. The maximum atomic E-state index is 13.2. The first-order valence-corrected chi connectivity index (χ1v) is 10.8. The van der Waals surface area contributed by atoms with Gasteiger partial charge in [0.05, 0.1) is 21.2 Å². The lowest BCUT2D eigenvalue weighted by Gasteiger charge is -2.30. The number of pyridine rings is 1. The summed E-state index contributed by atoms with van der Waals surface area (Å²) in [6.07, 6.45) is 4.11. The minimum Gasteiger partial charge on any atom is -0.264 e. The van der Waals surface area contributed by atoms with Gasteiger partial charge in [0, 0.05) is 19.0 Å². The van der Waals surface area contributed by atoms with Crippen LogP contribution in [0.3, 0.4) is 0 Å². The summed E-state index contributed by atoms with van der Waals surface area (Å²) in [6, 6.07) is 7.62. The molecular formula is C16H18N2O4S2. The number of sulfone groups is 1. The van der Waals surface area contributed by atoms with E-state index in [1.165, 1.54) is 22.5 Å². The molecule has 0 atom stereocenters. The van der Waals surface area contributed by atoms with Crippen LogP contribution in [0, 0.1) is 6.92 Å². The monoisotopic (exact) mass is 366 g/mol. The highest BCUT2D eigenvalue weighted by Gasteiger charge is 2.31. The van der Waals surface area contributed by atoms with Gasteiger partial charge in [0.15, 0.2) is 9.84 Å². The number of hydrogen-bond acceptors (Lipinski definition) is 5. The molecule has 2 heterocycles. The normalized spacial score (nSPS) is 15.2. The lowest BCUT2D eigenvalue weighted by molar-refractivity contribution is 0.584. The van der Waals surface area contributed by atoms with E-state index >= 15 is 0 Å². The summed E-state index contributed by atoms with van der Waals surface area (Å²) in [7, 11) is -7.35. The number of sulfonamides is 1.